The Labute approximate surface area is 92.8 Å². The van der Waals surface area contributed by atoms with Gasteiger partial charge in [-0.1, -0.05) is 41.2 Å². The third-order valence-corrected chi connectivity index (χ3v) is 3.78. The predicted octanol–water partition coefficient (Wildman–Crippen LogP) is 4.91. The van der Waals surface area contributed by atoms with Gasteiger partial charge in [0.15, 0.2) is 0 Å². The Balaban J connectivity index is 2.37. The molecule has 0 atom stereocenters. The first-order valence-corrected chi connectivity index (χ1v) is 5.46. The molecule has 1 saturated carbocycles. The van der Waals surface area contributed by atoms with Crippen molar-refractivity contribution in [2.75, 3.05) is 0 Å². The summed E-state index contributed by atoms with van der Waals surface area (Å²) in [5.74, 6) is 0.646. The maximum Gasteiger partial charge on any atom is 0.0778 e. The van der Waals surface area contributed by atoms with Crippen molar-refractivity contribution < 1.29 is 0 Å². The van der Waals surface area contributed by atoms with Crippen molar-refractivity contribution >= 4 is 34.8 Å². The second-order valence-electron chi connectivity index (χ2n) is 3.43. The van der Waals surface area contributed by atoms with Gasteiger partial charge in [-0.15, -0.1) is 0 Å². The van der Waals surface area contributed by atoms with E-state index in [1.165, 1.54) is 24.8 Å². The summed E-state index contributed by atoms with van der Waals surface area (Å²) < 4.78 is 0. The van der Waals surface area contributed by atoms with E-state index >= 15 is 0 Å². The van der Waals surface area contributed by atoms with Gasteiger partial charge in [-0.3, -0.25) is 0 Å². The fourth-order valence-electron chi connectivity index (χ4n) is 1.55. The van der Waals surface area contributed by atoms with E-state index in [2.05, 4.69) is 0 Å². The van der Waals surface area contributed by atoms with Gasteiger partial charge in [-0.25, -0.2) is 0 Å². The number of hydrogen-bond donors (Lipinski definition) is 0. The molecule has 0 aromatic heterocycles. The van der Waals surface area contributed by atoms with Gasteiger partial charge in [0.1, 0.15) is 0 Å². The number of benzene rings is 1. The highest BCUT2D eigenvalue weighted by molar-refractivity contribution is 6.48. The van der Waals surface area contributed by atoms with Crippen LogP contribution in [0.15, 0.2) is 12.1 Å². The Bertz CT molecular complexity index is 306. The number of hydrogen-bond acceptors (Lipinski definition) is 0. The zero-order valence-corrected chi connectivity index (χ0v) is 9.26. The summed E-state index contributed by atoms with van der Waals surface area (Å²) in [5.41, 5.74) is 1.23. The maximum absolute atomic E-state index is 5.93. The van der Waals surface area contributed by atoms with Crippen LogP contribution in [0.25, 0.3) is 0 Å². The molecule has 1 aliphatic rings. The van der Waals surface area contributed by atoms with E-state index in [4.69, 9.17) is 34.8 Å². The Morgan fingerprint density at radius 2 is 1.54 bits per heavy atom. The first-order valence-electron chi connectivity index (χ1n) is 4.33. The predicted molar refractivity (Wildman–Crippen MR) is 58.1 cm³/mol. The minimum atomic E-state index is 0.464. The molecule has 13 heavy (non-hydrogen) atoms. The van der Waals surface area contributed by atoms with E-state index in [0.29, 0.717) is 21.0 Å². The van der Waals surface area contributed by atoms with Gasteiger partial charge in [0.05, 0.1) is 15.1 Å². The molecule has 0 spiro atoms. The van der Waals surface area contributed by atoms with Gasteiger partial charge in [0.2, 0.25) is 0 Å². The van der Waals surface area contributed by atoms with Gasteiger partial charge < -0.3 is 0 Å². The van der Waals surface area contributed by atoms with Crippen LogP contribution in [0.5, 0.6) is 0 Å². The fraction of sp³-hybridized carbons (Fsp3) is 0.400. The molecule has 0 bridgehead atoms. The normalized spacial score (nSPS) is 17.2. The third-order valence-electron chi connectivity index (χ3n) is 2.58. The van der Waals surface area contributed by atoms with Gasteiger partial charge in [0, 0.05) is 0 Å². The quantitative estimate of drug-likeness (QED) is 0.607. The molecule has 0 aliphatic heterocycles. The molecule has 0 nitrogen and oxygen atoms in total. The van der Waals surface area contributed by atoms with E-state index in [1.807, 2.05) is 12.1 Å². The lowest BCUT2D eigenvalue weighted by Crippen LogP contribution is -2.08. The smallest absolute Gasteiger partial charge is 0.0778 e. The van der Waals surface area contributed by atoms with Crippen molar-refractivity contribution in [3.05, 3.63) is 32.8 Å². The lowest BCUT2D eigenvalue weighted by Gasteiger charge is -2.26. The molecule has 1 fully saturated rings. The molecule has 1 aliphatic carbocycles. The van der Waals surface area contributed by atoms with Gasteiger partial charge in [0.25, 0.3) is 0 Å². The van der Waals surface area contributed by atoms with Crippen LogP contribution in [0.4, 0.5) is 0 Å². The van der Waals surface area contributed by atoms with Crippen molar-refractivity contribution in [3.8, 4) is 0 Å². The highest BCUT2D eigenvalue weighted by Crippen LogP contribution is 2.40. The molecule has 0 unspecified atom stereocenters. The van der Waals surface area contributed by atoms with Crippen LogP contribution >= 0.6 is 34.8 Å². The van der Waals surface area contributed by atoms with Crippen LogP contribution in [-0.4, -0.2) is 0 Å². The molecule has 1 aromatic rings. The summed E-state index contributed by atoms with van der Waals surface area (Å²) in [6, 6.07) is 3.86. The maximum atomic E-state index is 5.93. The van der Waals surface area contributed by atoms with E-state index in [9.17, 15) is 0 Å². The van der Waals surface area contributed by atoms with E-state index in [-0.39, 0.29) is 0 Å². The van der Waals surface area contributed by atoms with Crippen LogP contribution in [0.3, 0.4) is 0 Å². The fourth-order valence-corrected chi connectivity index (χ4v) is 2.17. The second kappa shape index (κ2) is 3.68. The van der Waals surface area contributed by atoms with Gasteiger partial charge in [-0.05, 0) is 36.5 Å². The molecule has 0 amide bonds. The summed E-state index contributed by atoms with van der Waals surface area (Å²) in [4.78, 5) is 0. The summed E-state index contributed by atoms with van der Waals surface area (Å²) in [6.45, 7) is 0. The molecule has 0 N–H and O–H groups in total. The van der Waals surface area contributed by atoms with Crippen molar-refractivity contribution in [1.82, 2.24) is 0 Å². The van der Waals surface area contributed by atoms with Gasteiger partial charge in [-0.2, -0.15) is 0 Å². The molecule has 0 saturated heterocycles. The molecule has 2 rings (SSSR count). The minimum Gasteiger partial charge on any atom is -0.0826 e. The topological polar surface area (TPSA) is 0 Å². The van der Waals surface area contributed by atoms with Crippen LogP contribution < -0.4 is 0 Å². The standard InChI is InChI=1S/C10H9Cl3/c11-8-4-7(6-2-1-3-6)5-9(12)10(8)13/h4-6H,1-3H2. The molecule has 3 heteroatoms. The molecule has 0 heterocycles. The van der Waals surface area contributed by atoms with E-state index in [0.717, 1.165) is 0 Å². The Hall–Kier alpha value is 0.0900. The molecule has 1 aromatic carbocycles. The lowest BCUT2D eigenvalue weighted by molar-refractivity contribution is 0.420. The molecule has 70 valence electrons. The molecular formula is C10H9Cl3. The van der Waals surface area contributed by atoms with E-state index in [1.54, 1.807) is 0 Å². The lowest BCUT2D eigenvalue weighted by atomic mass is 9.80. The zero-order valence-electron chi connectivity index (χ0n) is 6.99. The van der Waals surface area contributed by atoms with Crippen molar-refractivity contribution in [2.24, 2.45) is 0 Å². The summed E-state index contributed by atoms with van der Waals surface area (Å²) in [7, 11) is 0. The average molecular weight is 236 g/mol. The van der Waals surface area contributed by atoms with Crippen molar-refractivity contribution in [3.63, 3.8) is 0 Å². The van der Waals surface area contributed by atoms with Gasteiger partial charge >= 0.3 is 0 Å². The Morgan fingerprint density at radius 1 is 1.00 bits per heavy atom. The van der Waals surface area contributed by atoms with Crippen molar-refractivity contribution in [1.29, 1.82) is 0 Å². The van der Waals surface area contributed by atoms with Crippen LogP contribution in [0.1, 0.15) is 30.7 Å². The molecule has 0 radical (unpaired) electrons. The molecular weight excluding hydrogens is 226 g/mol. The monoisotopic (exact) mass is 234 g/mol. The van der Waals surface area contributed by atoms with Crippen LogP contribution in [-0.2, 0) is 0 Å². The Kier molecular flexibility index (Phi) is 2.73. The zero-order chi connectivity index (χ0) is 9.42. The average Bonchev–Trinajstić information content (AvgIpc) is 1.96. The third kappa shape index (κ3) is 1.81. The summed E-state index contributed by atoms with van der Waals surface area (Å²) in [5, 5.41) is 1.60. The minimum absolute atomic E-state index is 0.464. The number of halogens is 3. The van der Waals surface area contributed by atoms with E-state index < -0.39 is 0 Å². The first-order chi connectivity index (χ1) is 6.18. The number of rotatable bonds is 1. The van der Waals surface area contributed by atoms with Crippen LogP contribution in [0.2, 0.25) is 15.1 Å². The second-order valence-corrected chi connectivity index (χ2v) is 4.62. The van der Waals surface area contributed by atoms with Crippen LogP contribution in [0, 0.1) is 0 Å². The highest BCUT2D eigenvalue weighted by atomic mass is 35.5. The Morgan fingerprint density at radius 3 is 1.92 bits per heavy atom. The summed E-state index contributed by atoms with van der Waals surface area (Å²) >= 11 is 17.7. The van der Waals surface area contributed by atoms with Crippen molar-refractivity contribution in [2.45, 2.75) is 25.2 Å². The highest BCUT2D eigenvalue weighted by Gasteiger charge is 2.21. The summed E-state index contributed by atoms with van der Waals surface area (Å²) in [6.07, 6.45) is 3.80. The first kappa shape index (κ1) is 9.64. The largest absolute Gasteiger partial charge is 0.0826 e. The SMILES string of the molecule is Clc1cc(C2CCC2)cc(Cl)c1Cl.